The third kappa shape index (κ3) is 5.07. The van der Waals surface area contributed by atoms with Gasteiger partial charge in [0.05, 0.1) is 28.4 Å². The van der Waals surface area contributed by atoms with Crippen molar-refractivity contribution in [3.63, 3.8) is 0 Å². The molecule has 0 saturated heterocycles. The molecule has 1 atom stereocenters. The van der Waals surface area contributed by atoms with Crippen LogP contribution in [-0.4, -0.2) is 40.7 Å². The van der Waals surface area contributed by atoms with E-state index in [-0.39, 0.29) is 5.82 Å². The highest BCUT2D eigenvalue weighted by molar-refractivity contribution is 7.92. The second kappa shape index (κ2) is 8.58. The van der Waals surface area contributed by atoms with Gasteiger partial charge in [-0.25, -0.2) is 22.9 Å². The van der Waals surface area contributed by atoms with Gasteiger partial charge in [0.1, 0.15) is 6.10 Å². The summed E-state index contributed by atoms with van der Waals surface area (Å²) in [5.41, 5.74) is 2.22. The van der Waals surface area contributed by atoms with E-state index < -0.39 is 22.2 Å². The fraction of sp³-hybridized carbons (Fsp3) is 0.294. The van der Waals surface area contributed by atoms with Crippen LogP contribution in [0.4, 0.5) is 16.3 Å². The number of thiophene rings is 1. The Kier molecular flexibility index (Phi) is 6.29. The van der Waals surface area contributed by atoms with E-state index in [0.29, 0.717) is 33.4 Å². The van der Waals surface area contributed by atoms with Crippen molar-refractivity contribution in [1.29, 1.82) is 0 Å². The molecule has 3 aromatic heterocycles. The third-order valence-corrected chi connectivity index (χ3v) is 5.84. The minimum atomic E-state index is -3.43. The van der Waals surface area contributed by atoms with Gasteiger partial charge in [-0.3, -0.25) is 10.0 Å². The Morgan fingerprint density at radius 1 is 1.33 bits per heavy atom. The lowest BCUT2D eigenvalue weighted by Gasteiger charge is -2.14. The number of aromatic nitrogens is 4. The summed E-state index contributed by atoms with van der Waals surface area (Å²) in [5.74, 6) is 0.277. The summed E-state index contributed by atoms with van der Waals surface area (Å²) in [6.45, 7) is 3.37. The molecule has 0 aromatic carbocycles. The minimum Gasteiger partial charge on any atom is -0.441 e. The average Bonchev–Trinajstić information content (AvgIpc) is 3.22. The molecule has 13 heteroatoms. The fourth-order valence-electron chi connectivity index (χ4n) is 2.60. The number of aryl methyl sites for hydroxylation is 2. The molecule has 3 heterocycles. The Morgan fingerprint density at radius 2 is 2.07 bits per heavy atom. The number of sulfonamides is 1. The zero-order valence-corrected chi connectivity index (χ0v) is 18.9. The Bertz CT molecular complexity index is 1190. The number of halogens is 1. The van der Waals surface area contributed by atoms with Gasteiger partial charge in [0.2, 0.25) is 10.0 Å². The number of pyridine rings is 1. The smallest absolute Gasteiger partial charge is 0.413 e. The van der Waals surface area contributed by atoms with Gasteiger partial charge < -0.3 is 4.74 Å². The number of ether oxygens (including phenoxy) is 1. The summed E-state index contributed by atoms with van der Waals surface area (Å²) in [6, 6.07) is 3.14. The van der Waals surface area contributed by atoms with Crippen molar-refractivity contribution in [2.24, 2.45) is 7.05 Å². The molecular weight excluding hydrogens is 452 g/mol. The molecule has 0 unspecified atom stereocenters. The number of carbonyl (C=O) groups excluding carboxylic acids is 1. The van der Waals surface area contributed by atoms with E-state index >= 15 is 0 Å². The Morgan fingerprint density at radius 3 is 2.67 bits per heavy atom. The van der Waals surface area contributed by atoms with Crippen molar-refractivity contribution in [3.05, 3.63) is 39.2 Å². The summed E-state index contributed by atoms with van der Waals surface area (Å²) in [4.78, 5) is 16.8. The van der Waals surface area contributed by atoms with Crippen LogP contribution in [-0.2, 0) is 21.8 Å². The van der Waals surface area contributed by atoms with Gasteiger partial charge in [0, 0.05) is 18.0 Å². The normalized spacial score (nSPS) is 12.4. The Hall–Kier alpha value is -2.70. The molecule has 0 aliphatic carbocycles. The number of hydrogen-bond acceptors (Lipinski definition) is 8. The SMILES string of the molecule is Cc1nc(-c2nnn(C)c2NC(=O)O[C@H](C)c2cscc2Cl)ccc1NS(C)(=O)=O. The van der Waals surface area contributed by atoms with Gasteiger partial charge >= 0.3 is 6.09 Å². The molecule has 0 aliphatic rings. The largest absolute Gasteiger partial charge is 0.441 e. The van der Waals surface area contributed by atoms with Crippen LogP contribution >= 0.6 is 22.9 Å². The zero-order valence-electron chi connectivity index (χ0n) is 16.5. The lowest BCUT2D eigenvalue weighted by Crippen LogP contribution is -2.18. The first-order valence-corrected chi connectivity index (χ1v) is 11.8. The maximum absolute atomic E-state index is 12.4. The summed E-state index contributed by atoms with van der Waals surface area (Å²) in [7, 11) is -1.83. The molecule has 160 valence electrons. The quantitative estimate of drug-likeness (QED) is 0.563. The van der Waals surface area contributed by atoms with E-state index in [1.807, 2.05) is 5.38 Å². The maximum atomic E-state index is 12.4. The monoisotopic (exact) mass is 470 g/mol. The highest BCUT2D eigenvalue weighted by Crippen LogP contribution is 2.30. The number of carbonyl (C=O) groups is 1. The summed E-state index contributed by atoms with van der Waals surface area (Å²) < 4.78 is 32.1. The van der Waals surface area contributed by atoms with Gasteiger partial charge in [-0.1, -0.05) is 16.8 Å². The number of nitrogens with one attached hydrogen (secondary N) is 2. The molecule has 0 aliphatic heterocycles. The lowest BCUT2D eigenvalue weighted by molar-refractivity contribution is 0.121. The molecule has 30 heavy (non-hydrogen) atoms. The van der Waals surface area contributed by atoms with Gasteiger partial charge in [0.15, 0.2) is 11.5 Å². The highest BCUT2D eigenvalue weighted by Gasteiger charge is 2.21. The van der Waals surface area contributed by atoms with Gasteiger partial charge in [-0.15, -0.1) is 5.10 Å². The van der Waals surface area contributed by atoms with Crippen LogP contribution in [0.3, 0.4) is 0 Å². The van der Waals surface area contributed by atoms with E-state index in [4.69, 9.17) is 16.3 Å². The van der Waals surface area contributed by atoms with Gasteiger partial charge in [-0.05, 0) is 31.4 Å². The van der Waals surface area contributed by atoms with E-state index in [9.17, 15) is 13.2 Å². The molecule has 0 spiro atoms. The molecule has 0 fully saturated rings. The number of amides is 1. The standard InChI is InChI=1S/C17H19ClN6O4S2/c1-9-13(22-30(4,26)27)5-6-14(19-9)15-16(24(3)23-21-15)20-17(25)28-10(2)11-7-29-8-12(11)18/h5-8,10,22H,1-4H3,(H,20,25)/t10-/m1/s1. The van der Waals surface area contributed by atoms with Gasteiger partial charge in [0.25, 0.3) is 0 Å². The second-order valence-corrected chi connectivity index (χ2v) is 9.36. The van der Waals surface area contributed by atoms with E-state index in [1.165, 1.54) is 16.0 Å². The van der Waals surface area contributed by atoms with E-state index in [0.717, 1.165) is 6.26 Å². The number of nitrogens with zero attached hydrogens (tertiary/aromatic N) is 4. The Balaban J connectivity index is 1.80. The first-order chi connectivity index (χ1) is 14.0. The average molecular weight is 471 g/mol. The number of hydrogen-bond donors (Lipinski definition) is 2. The lowest BCUT2D eigenvalue weighted by atomic mass is 10.2. The van der Waals surface area contributed by atoms with Crippen LogP contribution in [0, 0.1) is 6.92 Å². The number of anilines is 2. The molecule has 0 bridgehead atoms. The van der Waals surface area contributed by atoms with Crippen LogP contribution in [0.2, 0.25) is 5.02 Å². The summed E-state index contributed by atoms with van der Waals surface area (Å²) >= 11 is 7.50. The highest BCUT2D eigenvalue weighted by atomic mass is 35.5. The van der Waals surface area contributed by atoms with E-state index in [1.54, 1.807) is 38.4 Å². The molecule has 3 aromatic rings. The van der Waals surface area contributed by atoms with Crippen LogP contribution < -0.4 is 10.0 Å². The molecule has 0 saturated carbocycles. The Labute approximate surface area is 182 Å². The third-order valence-electron chi connectivity index (χ3n) is 4.04. The molecule has 3 rings (SSSR count). The van der Waals surface area contributed by atoms with Crippen LogP contribution in [0.1, 0.15) is 24.3 Å². The van der Waals surface area contributed by atoms with Crippen LogP contribution in [0.25, 0.3) is 11.4 Å². The van der Waals surface area contributed by atoms with Crippen molar-refractivity contribution < 1.29 is 17.9 Å². The topological polar surface area (TPSA) is 128 Å². The number of rotatable bonds is 6. The van der Waals surface area contributed by atoms with Crippen molar-refractivity contribution in [2.75, 3.05) is 16.3 Å². The molecule has 2 N–H and O–H groups in total. The maximum Gasteiger partial charge on any atom is 0.413 e. The fourth-order valence-corrected chi connectivity index (χ4v) is 4.43. The first-order valence-electron chi connectivity index (χ1n) is 8.60. The van der Waals surface area contributed by atoms with Crippen molar-refractivity contribution >= 4 is 50.6 Å². The molecular formula is C17H19ClN6O4S2. The summed E-state index contributed by atoms with van der Waals surface area (Å²) in [6.07, 6.45) is -0.195. The first kappa shape index (κ1) is 22.0. The second-order valence-electron chi connectivity index (χ2n) is 6.46. The molecule has 1 amide bonds. The van der Waals surface area contributed by atoms with Crippen molar-refractivity contribution in [2.45, 2.75) is 20.0 Å². The molecule has 10 nitrogen and oxygen atoms in total. The zero-order chi connectivity index (χ0) is 22.1. The predicted molar refractivity (Wildman–Crippen MR) is 115 cm³/mol. The van der Waals surface area contributed by atoms with Crippen LogP contribution in [0.15, 0.2) is 22.9 Å². The summed E-state index contributed by atoms with van der Waals surface area (Å²) in [5, 5.41) is 14.7. The van der Waals surface area contributed by atoms with Crippen molar-refractivity contribution in [3.8, 4) is 11.4 Å². The van der Waals surface area contributed by atoms with E-state index in [2.05, 4.69) is 25.3 Å². The van der Waals surface area contributed by atoms with Gasteiger partial charge in [-0.2, -0.15) is 11.3 Å². The predicted octanol–water partition coefficient (Wildman–Crippen LogP) is 3.58. The van der Waals surface area contributed by atoms with Crippen molar-refractivity contribution in [1.82, 2.24) is 20.0 Å². The van der Waals surface area contributed by atoms with Crippen LogP contribution in [0.5, 0.6) is 0 Å². The molecule has 0 radical (unpaired) electrons. The minimum absolute atomic E-state index is 0.277.